The lowest BCUT2D eigenvalue weighted by molar-refractivity contribution is -0.188. The van der Waals surface area contributed by atoms with Crippen molar-refractivity contribution in [1.82, 2.24) is 4.90 Å². The van der Waals surface area contributed by atoms with Crippen molar-refractivity contribution in [1.29, 1.82) is 0 Å². The Morgan fingerprint density at radius 2 is 1.65 bits per heavy atom. The number of nitrogens with zero attached hydrogens (tertiary/aromatic N) is 1. The summed E-state index contributed by atoms with van der Waals surface area (Å²) in [5.41, 5.74) is -0.923. The third-order valence-electron chi connectivity index (χ3n) is 3.95. The van der Waals surface area contributed by atoms with Gasteiger partial charge in [-0.2, -0.15) is 26.3 Å². The maximum Gasteiger partial charge on any atom is 0.416 e. The van der Waals surface area contributed by atoms with E-state index >= 15 is 0 Å². The number of aliphatic carboxylic acids is 1. The van der Waals surface area contributed by atoms with Gasteiger partial charge in [-0.15, -0.1) is 0 Å². The van der Waals surface area contributed by atoms with Crippen LogP contribution in [-0.4, -0.2) is 47.8 Å². The second-order valence-electron chi connectivity index (χ2n) is 5.70. The second kappa shape index (κ2) is 7.04. The largest absolute Gasteiger partial charge is 0.484 e. The third kappa shape index (κ3) is 4.58. The van der Waals surface area contributed by atoms with Crippen molar-refractivity contribution in [2.45, 2.75) is 12.4 Å². The van der Waals surface area contributed by atoms with Crippen LogP contribution in [0.2, 0.25) is 0 Å². The zero-order valence-electron chi connectivity index (χ0n) is 13.0. The molecule has 1 fully saturated rings. The van der Waals surface area contributed by atoms with Gasteiger partial charge >= 0.3 is 18.3 Å². The van der Waals surface area contributed by atoms with Gasteiger partial charge in [0.05, 0.1) is 17.4 Å². The summed E-state index contributed by atoms with van der Waals surface area (Å²) in [7, 11) is 0. The Morgan fingerprint density at radius 1 is 1.08 bits per heavy atom. The predicted octanol–water partition coefficient (Wildman–Crippen LogP) is 2.81. The molecule has 2 atom stereocenters. The van der Waals surface area contributed by atoms with Gasteiger partial charge in [-0.25, -0.2) is 0 Å². The van der Waals surface area contributed by atoms with E-state index in [1.165, 1.54) is 0 Å². The standard InChI is InChI=1S/C15H13F6NO4/c16-14(17,18)8-1-3-9(4-2-8)26-7-12(23)22-5-10(13(24)25)11(6-22)15(19,20)21/h1-4,10-11H,5-7H2,(H,24,25)/t10-,11-/m1/s1. The van der Waals surface area contributed by atoms with Crippen molar-refractivity contribution < 1.29 is 45.8 Å². The molecule has 0 radical (unpaired) electrons. The molecule has 0 bridgehead atoms. The highest BCUT2D eigenvalue weighted by molar-refractivity contribution is 5.80. The molecule has 1 aromatic rings. The van der Waals surface area contributed by atoms with Gasteiger partial charge in [0.25, 0.3) is 5.91 Å². The molecular formula is C15H13F6NO4. The van der Waals surface area contributed by atoms with E-state index in [0.717, 1.165) is 29.2 Å². The fraction of sp³-hybridized carbons (Fsp3) is 0.467. The molecule has 1 aromatic carbocycles. The Hall–Kier alpha value is -2.46. The van der Waals surface area contributed by atoms with Crippen LogP contribution in [0.15, 0.2) is 24.3 Å². The van der Waals surface area contributed by atoms with Crippen LogP contribution in [0.4, 0.5) is 26.3 Å². The number of carboxylic acids is 1. The van der Waals surface area contributed by atoms with E-state index in [2.05, 4.69) is 0 Å². The van der Waals surface area contributed by atoms with E-state index in [1.54, 1.807) is 0 Å². The number of alkyl halides is 6. The number of hydrogen-bond donors (Lipinski definition) is 1. The number of amides is 1. The summed E-state index contributed by atoms with van der Waals surface area (Å²) in [5.74, 6) is -6.58. The minimum absolute atomic E-state index is 0.0762. The summed E-state index contributed by atoms with van der Waals surface area (Å²) in [4.78, 5) is 23.6. The highest BCUT2D eigenvalue weighted by Gasteiger charge is 2.53. The van der Waals surface area contributed by atoms with Crippen LogP contribution in [0.1, 0.15) is 5.56 Å². The molecule has 1 N–H and O–H groups in total. The molecule has 1 saturated heterocycles. The molecule has 0 spiro atoms. The molecule has 0 aliphatic carbocycles. The van der Waals surface area contributed by atoms with Crippen molar-refractivity contribution >= 4 is 11.9 Å². The van der Waals surface area contributed by atoms with E-state index in [0.29, 0.717) is 0 Å². The average molecular weight is 385 g/mol. The molecule has 5 nitrogen and oxygen atoms in total. The number of carboxylic acid groups (broad SMARTS) is 1. The number of halogens is 6. The van der Waals surface area contributed by atoms with E-state index in [9.17, 15) is 35.9 Å². The van der Waals surface area contributed by atoms with Gasteiger partial charge in [-0.1, -0.05) is 0 Å². The van der Waals surface area contributed by atoms with Crippen LogP contribution in [0.3, 0.4) is 0 Å². The number of likely N-dealkylation sites (tertiary alicyclic amines) is 1. The van der Waals surface area contributed by atoms with Gasteiger partial charge < -0.3 is 14.7 Å². The Balaban J connectivity index is 1.97. The molecule has 144 valence electrons. The number of ether oxygens (including phenoxy) is 1. The number of hydrogen-bond acceptors (Lipinski definition) is 3. The molecule has 0 aromatic heterocycles. The summed E-state index contributed by atoms with van der Waals surface area (Å²) < 4.78 is 80.9. The highest BCUT2D eigenvalue weighted by atomic mass is 19.4. The molecular weight excluding hydrogens is 372 g/mol. The molecule has 1 heterocycles. The maximum atomic E-state index is 12.9. The number of benzene rings is 1. The van der Waals surface area contributed by atoms with Crippen molar-refractivity contribution in [2.24, 2.45) is 11.8 Å². The van der Waals surface area contributed by atoms with E-state index < -0.39 is 61.3 Å². The Kier molecular flexibility index (Phi) is 5.38. The number of carbonyl (C=O) groups is 2. The first-order chi connectivity index (χ1) is 11.9. The Labute approximate surface area is 143 Å². The number of rotatable bonds is 4. The summed E-state index contributed by atoms with van der Waals surface area (Å²) in [5, 5.41) is 8.89. The van der Waals surface area contributed by atoms with Crippen molar-refractivity contribution in [2.75, 3.05) is 19.7 Å². The van der Waals surface area contributed by atoms with Gasteiger partial charge in [0.15, 0.2) is 6.61 Å². The fourth-order valence-electron chi connectivity index (χ4n) is 2.57. The summed E-state index contributed by atoms with van der Waals surface area (Å²) >= 11 is 0. The lowest BCUT2D eigenvalue weighted by Gasteiger charge is -2.18. The van der Waals surface area contributed by atoms with Gasteiger partial charge in [0, 0.05) is 13.1 Å². The Morgan fingerprint density at radius 3 is 2.08 bits per heavy atom. The van der Waals surface area contributed by atoms with Crippen LogP contribution in [-0.2, 0) is 15.8 Å². The summed E-state index contributed by atoms with van der Waals surface area (Å²) in [6, 6.07) is 3.41. The number of carbonyl (C=O) groups excluding carboxylic acids is 1. The van der Waals surface area contributed by atoms with Crippen LogP contribution in [0, 0.1) is 11.8 Å². The molecule has 26 heavy (non-hydrogen) atoms. The topological polar surface area (TPSA) is 66.8 Å². The van der Waals surface area contributed by atoms with Crippen molar-refractivity contribution in [3.8, 4) is 5.75 Å². The summed E-state index contributed by atoms with van der Waals surface area (Å²) in [6.07, 6.45) is -9.31. The zero-order valence-corrected chi connectivity index (χ0v) is 13.0. The van der Waals surface area contributed by atoms with Gasteiger partial charge in [-0.3, -0.25) is 9.59 Å². The maximum absolute atomic E-state index is 12.9. The molecule has 0 unspecified atom stereocenters. The third-order valence-corrected chi connectivity index (χ3v) is 3.95. The van der Waals surface area contributed by atoms with Crippen molar-refractivity contribution in [3.05, 3.63) is 29.8 Å². The SMILES string of the molecule is O=C(O)[C@@H]1CN(C(=O)COc2ccc(C(F)(F)F)cc2)C[C@H]1C(F)(F)F. The van der Waals surface area contributed by atoms with Gasteiger partial charge in [-0.05, 0) is 24.3 Å². The molecule has 11 heteroatoms. The molecule has 1 amide bonds. The first kappa shape index (κ1) is 19.9. The fourth-order valence-corrected chi connectivity index (χ4v) is 2.57. The second-order valence-corrected chi connectivity index (χ2v) is 5.70. The smallest absolute Gasteiger partial charge is 0.416 e. The van der Waals surface area contributed by atoms with E-state index in [-0.39, 0.29) is 5.75 Å². The quantitative estimate of drug-likeness (QED) is 0.810. The van der Waals surface area contributed by atoms with Crippen molar-refractivity contribution in [3.63, 3.8) is 0 Å². The first-order valence-corrected chi connectivity index (χ1v) is 7.27. The molecule has 2 rings (SSSR count). The van der Waals surface area contributed by atoms with Crippen LogP contribution in [0.5, 0.6) is 5.75 Å². The zero-order chi connectivity index (χ0) is 19.7. The molecule has 1 aliphatic rings. The normalized spacial score (nSPS) is 20.9. The minimum atomic E-state index is -4.77. The van der Waals surface area contributed by atoms with Crippen LogP contribution in [0.25, 0.3) is 0 Å². The van der Waals surface area contributed by atoms with E-state index in [4.69, 9.17) is 9.84 Å². The molecule has 0 saturated carbocycles. The molecule has 1 aliphatic heterocycles. The first-order valence-electron chi connectivity index (χ1n) is 7.27. The lowest BCUT2D eigenvalue weighted by Crippen LogP contribution is -2.35. The lowest BCUT2D eigenvalue weighted by atomic mass is 9.96. The average Bonchev–Trinajstić information content (AvgIpc) is 2.98. The Bertz CT molecular complexity index is 670. The predicted molar refractivity (Wildman–Crippen MR) is 74.2 cm³/mol. The van der Waals surface area contributed by atoms with Crippen LogP contribution >= 0.6 is 0 Å². The highest BCUT2D eigenvalue weighted by Crippen LogP contribution is 2.37. The van der Waals surface area contributed by atoms with Crippen LogP contribution < -0.4 is 4.74 Å². The summed E-state index contributed by atoms with van der Waals surface area (Å²) in [6.45, 7) is -2.15. The van der Waals surface area contributed by atoms with E-state index in [1.807, 2.05) is 0 Å². The minimum Gasteiger partial charge on any atom is -0.484 e. The van der Waals surface area contributed by atoms with Gasteiger partial charge in [0.2, 0.25) is 0 Å². The van der Waals surface area contributed by atoms with Gasteiger partial charge in [0.1, 0.15) is 5.75 Å². The monoisotopic (exact) mass is 385 g/mol.